The van der Waals surface area contributed by atoms with E-state index in [9.17, 15) is 0 Å². The molecule has 1 fully saturated rings. The molecule has 1 N–H and O–H groups in total. The Labute approximate surface area is 153 Å². The van der Waals surface area contributed by atoms with Gasteiger partial charge in [0, 0.05) is 12.0 Å². The molecule has 0 atom stereocenters. The second-order valence-electron chi connectivity index (χ2n) is 6.63. The standard InChI is InChI=1S/C17H27N7S/c1-5-13-14(6-2)20-22-16(19-13)25-17-23-21-15(24(17)11(3)4)12-7-9-18-10-8-12/h11-12,18H,5-10H2,1-4H3. The maximum absolute atomic E-state index is 4.68. The summed E-state index contributed by atoms with van der Waals surface area (Å²) in [5.41, 5.74) is 2.00. The highest BCUT2D eigenvalue weighted by Gasteiger charge is 2.25. The fraction of sp³-hybridized carbons (Fsp3) is 0.706. The first-order valence-electron chi connectivity index (χ1n) is 9.19. The van der Waals surface area contributed by atoms with Gasteiger partial charge < -0.3 is 9.88 Å². The van der Waals surface area contributed by atoms with E-state index in [1.54, 1.807) is 0 Å². The molecule has 2 aromatic rings. The van der Waals surface area contributed by atoms with Crippen molar-refractivity contribution in [2.24, 2.45) is 0 Å². The van der Waals surface area contributed by atoms with E-state index in [1.165, 1.54) is 11.8 Å². The quantitative estimate of drug-likeness (QED) is 0.847. The van der Waals surface area contributed by atoms with E-state index in [0.29, 0.717) is 17.1 Å². The normalized spacial score (nSPS) is 15.9. The topological polar surface area (TPSA) is 81.4 Å². The Hall–Kier alpha value is -1.54. The van der Waals surface area contributed by atoms with Gasteiger partial charge in [-0.15, -0.1) is 15.3 Å². The number of nitrogens with one attached hydrogen (secondary N) is 1. The molecule has 0 spiro atoms. The number of piperidine rings is 1. The van der Waals surface area contributed by atoms with Crippen molar-refractivity contribution >= 4 is 11.8 Å². The van der Waals surface area contributed by atoms with Crippen LogP contribution in [-0.2, 0) is 12.8 Å². The van der Waals surface area contributed by atoms with Gasteiger partial charge in [-0.3, -0.25) is 0 Å². The summed E-state index contributed by atoms with van der Waals surface area (Å²) >= 11 is 1.47. The molecule has 7 nitrogen and oxygen atoms in total. The fourth-order valence-corrected chi connectivity index (χ4v) is 4.13. The maximum atomic E-state index is 4.68. The van der Waals surface area contributed by atoms with E-state index in [4.69, 9.17) is 0 Å². The van der Waals surface area contributed by atoms with Crippen LogP contribution >= 0.6 is 11.8 Å². The van der Waals surface area contributed by atoms with Crippen LogP contribution in [0.5, 0.6) is 0 Å². The van der Waals surface area contributed by atoms with Crippen LogP contribution in [0.15, 0.2) is 10.3 Å². The van der Waals surface area contributed by atoms with Crippen molar-refractivity contribution in [3.63, 3.8) is 0 Å². The van der Waals surface area contributed by atoms with Gasteiger partial charge in [0.1, 0.15) is 5.82 Å². The summed E-state index contributed by atoms with van der Waals surface area (Å²) in [6.07, 6.45) is 3.94. The van der Waals surface area contributed by atoms with E-state index < -0.39 is 0 Å². The predicted molar refractivity (Wildman–Crippen MR) is 98.0 cm³/mol. The highest BCUT2D eigenvalue weighted by Crippen LogP contribution is 2.32. The van der Waals surface area contributed by atoms with Crippen molar-refractivity contribution < 1.29 is 0 Å². The molecule has 3 rings (SSSR count). The molecule has 0 aliphatic carbocycles. The third kappa shape index (κ3) is 4.00. The zero-order valence-electron chi connectivity index (χ0n) is 15.5. The number of nitrogens with zero attached hydrogens (tertiary/aromatic N) is 6. The summed E-state index contributed by atoms with van der Waals surface area (Å²) in [5, 5.41) is 22.5. The summed E-state index contributed by atoms with van der Waals surface area (Å²) in [6.45, 7) is 10.6. The molecule has 0 unspecified atom stereocenters. The molecule has 3 heterocycles. The largest absolute Gasteiger partial charge is 0.317 e. The van der Waals surface area contributed by atoms with Gasteiger partial charge in [-0.1, -0.05) is 13.8 Å². The van der Waals surface area contributed by atoms with Crippen molar-refractivity contribution in [3.8, 4) is 0 Å². The molecule has 0 radical (unpaired) electrons. The van der Waals surface area contributed by atoms with Crippen LogP contribution in [0.2, 0.25) is 0 Å². The zero-order chi connectivity index (χ0) is 17.8. The second kappa shape index (κ2) is 8.23. The van der Waals surface area contributed by atoms with E-state index >= 15 is 0 Å². The SMILES string of the molecule is CCc1nnc(Sc2nnc(C3CCNCC3)n2C(C)C)nc1CC. The first kappa shape index (κ1) is 18.3. The van der Waals surface area contributed by atoms with Crippen LogP contribution in [-0.4, -0.2) is 43.0 Å². The average Bonchev–Trinajstić information content (AvgIpc) is 3.06. The lowest BCUT2D eigenvalue weighted by atomic mass is 9.97. The van der Waals surface area contributed by atoms with E-state index in [1.807, 2.05) is 0 Å². The van der Waals surface area contributed by atoms with Gasteiger partial charge in [0.25, 0.3) is 0 Å². The minimum Gasteiger partial charge on any atom is -0.317 e. The monoisotopic (exact) mass is 361 g/mol. The number of hydrogen-bond donors (Lipinski definition) is 1. The van der Waals surface area contributed by atoms with Gasteiger partial charge in [0.2, 0.25) is 5.16 Å². The van der Waals surface area contributed by atoms with Crippen molar-refractivity contribution in [3.05, 3.63) is 17.2 Å². The lowest BCUT2D eigenvalue weighted by Crippen LogP contribution is -2.28. The molecule has 0 saturated carbocycles. The summed E-state index contributed by atoms with van der Waals surface area (Å²) in [6, 6.07) is 0.302. The Bertz CT molecular complexity index is 707. The number of rotatable bonds is 6. The molecule has 1 aliphatic heterocycles. The molecule has 0 amide bonds. The predicted octanol–water partition coefficient (Wildman–Crippen LogP) is 2.79. The van der Waals surface area contributed by atoms with Crippen LogP contribution in [0.1, 0.15) is 69.7 Å². The summed E-state index contributed by atoms with van der Waals surface area (Å²) in [7, 11) is 0. The van der Waals surface area contributed by atoms with Crippen LogP contribution < -0.4 is 5.32 Å². The van der Waals surface area contributed by atoms with Gasteiger partial charge in [-0.25, -0.2) is 4.98 Å². The molecule has 2 aromatic heterocycles. The molecule has 1 aliphatic rings. The summed E-state index contributed by atoms with van der Waals surface area (Å²) in [5.74, 6) is 1.56. The fourth-order valence-electron chi connectivity index (χ4n) is 3.25. The van der Waals surface area contributed by atoms with Crippen molar-refractivity contribution in [2.45, 2.75) is 75.7 Å². The van der Waals surface area contributed by atoms with Crippen LogP contribution in [0.3, 0.4) is 0 Å². The molecular weight excluding hydrogens is 334 g/mol. The first-order valence-corrected chi connectivity index (χ1v) is 10.0. The number of aromatic nitrogens is 6. The van der Waals surface area contributed by atoms with Gasteiger partial charge in [-0.2, -0.15) is 5.10 Å². The van der Waals surface area contributed by atoms with Crippen LogP contribution in [0.4, 0.5) is 0 Å². The molecule has 1 saturated heterocycles. The third-order valence-electron chi connectivity index (χ3n) is 4.58. The Morgan fingerprint density at radius 2 is 1.76 bits per heavy atom. The van der Waals surface area contributed by atoms with Crippen LogP contribution in [0, 0.1) is 0 Å². The van der Waals surface area contributed by atoms with Crippen molar-refractivity contribution in [2.75, 3.05) is 13.1 Å². The summed E-state index contributed by atoms with van der Waals surface area (Å²) < 4.78 is 2.24. The Kier molecular flexibility index (Phi) is 6.01. The van der Waals surface area contributed by atoms with Gasteiger partial charge in [-0.05, 0) is 64.4 Å². The number of hydrogen-bond acceptors (Lipinski definition) is 7. The Balaban J connectivity index is 1.88. The van der Waals surface area contributed by atoms with Gasteiger partial charge in [0.15, 0.2) is 5.16 Å². The minimum absolute atomic E-state index is 0.302. The van der Waals surface area contributed by atoms with Gasteiger partial charge in [0.05, 0.1) is 11.4 Å². The maximum Gasteiger partial charge on any atom is 0.217 e. The van der Waals surface area contributed by atoms with Crippen LogP contribution in [0.25, 0.3) is 0 Å². The Morgan fingerprint density at radius 3 is 2.40 bits per heavy atom. The highest BCUT2D eigenvalue weighted by atomic mass is 32.2. The third-order valence-corrected chi connectivity index (χ3v) is 5.40. The summed E-state index contributed by atoms with van der Waals surface area (Å²) in [4.78, 5) is 4.68. The van der Waals surface area contributed by atoms with Crippen molar-refractivity contribution in [1.29, 1.82) is 0 Å². The van der Waals surface area contributed by atoms with Gasteiger partial charge >= 0.3 is 0 Å². The minimum atomic E-state index is 0.302. The molecule has 0 bridgehead atoms. The average molecular weight is 362 g/mol. The second-order valence-corrected chi connectivity index (χ2v) is 7.56. The molecular formula is C17H27N7S. The molecule has 136 valence electrons. The van der Waals surface area contributed by atoms with Crippen molar-refractivity contribution in [1.82, 2.24) is 35.3 Å². The zero-order valence-corrected chi connectivity index (χ0v) is 16.3. The van der Waals surface area contributed by atoms with E-state index in [2.05, 4.69) is 63.0 Å². The molecule has 25 heavy (non-hydrogen) atoms. The molecule has 8 heteroatoms. The lowest BCUT2D eigenvalue weighted by molar-refractivity contribution is 0.412. The smallest absolute Gasteiger partial charge is 0.217 e. The Morgan fingerprint density at radius 1 is 1.04 bits per heavy atom. The number of aryl methyl sites for hydroxylation is 2. The molecule has 0 aromatic carbocycles. The highest BCUT2D eigenvalue weighted by molar-refractivity contribution is 7.99. The van der Waals surface area contributed by atoms with E-state index in [0.717, 1.165) is 61.1 Å². The van der Waals surface area contributed by atoms with E-state index in [-0.39, 0.29) is 0 Å². The first-order chi connectivity index (χ1) is 12.1. The lowest BCUT2D eigenvalue weighted by Gasteiger charge is -2.24.